The van der Waals surface area contributed by atoms with Gasteiger partial charge in [0, 0.05) is 92.0 Å². The van der Waals surface area contributed by atoms with Crippen molar-refractivity contribution in [3.05, 3.63) is 72.6 Å². The van der Waals surface area contributed by atoms with Crippen molar-refractivity contribution in [1.29, 1.82) is 0 Å². The van der Waals surface area contributed by atoms with E-state index in [4.69, 9.17) is 19.9 Å². The Morgan fingerprint density at radius 3 is 1.74 bits per heavy atom. The van der Waals surface area contributed by atoms with Crippen LogP contribution in [0.4, 0.5) is 34.9 Å². The number of likely N-dealkylation sites (tertiary alicyclic amines) is 1. The number of Topliss-reactive ketones (excluding diaryl/α,β-unsaturated/α-hetero) is 1. The smallest absolute Gasteiger partial charge is 0.268 e. The Labute approximate surface area is 447 Å². The summed E-state index contributed by atoms with van der Waals surface area (Å²) in [4.78, 5) is 64.2. The third-order valence-electron chi connectivity index (χ3n) is 19.0. The zero-order valence-corrected chi connectivity index (χ0v) is 45.1. The quantitative estimate of drug-likeness (QED) is 0.132. The number of fused-ring (bicyclic) bond motifs is 8. The molecule has 1 amide bonds. The lowest BCUT2D eigenvalue weighted by molar-refractivity contribution is 0.0832. The van der Waals surface area contributed by atoms with Gasteiger partial charge in [-0.1, -0.05) is 45.4 Å². The van der Waals surface area contributed by atoms with E-state index in [0.717, 1.165) is 128 Å². The molecule has 11 heterocycles. The number of piperazine rings is 1. The van der Waals surface area contributed by atoms with Crippen LogP contribution in [0.25, 0.3) is 22.1 Å². The van der Waals surface area contributed by atoms with Crippen LogP contribution in [-0.4, -0.2) is 131 Å². The second-order valence-corrected chi connectivity index (χ2v) is 24.5. The summed E-state index contributed by atoms with van der Waals surface area (Å²) in [7, 11) is 0. The van der Waals surface area contributed by atoms with Gasteiger partial charge in [-0.2, -0.15) is 9.97 Å². The number of hydrogen-bond acceptors (Lipinski definition) is 14. The van der Waals surface area contributed by atoms with E-state index < -0.39 is 0 Å². The van der Waals surface area contributed by atoms with E-state index in [0.29, 0.717) is 30.6 Å². The maximum atomic E-state index is 12.8. The standard InChI is InChI=1S/C30H40N8O.C29H37N7O/c1-21-7-13-36(14-8-21)23-9-15-37(16-10-23)24-5-6-26(31-19-24)34-29-32-18-22-17-25-28(39)33-20-30(11-3-2-4-12-30)38(25)27(22)35-29;1-28(2)19-34(14-15-35(28)21-6-7-21)22-8-9-25(30-18-22)32-27-31-17-20-16-23-24(37)10-13-29(11-4-3-5-12-29)36(23)26(20)33-27/h5-6,17-19,21,23H,2-4,7-16,20H2,1H3,(H,33,39)(H,31,32,34,35);8-9,16-18,21H,3-7,10-15,19H2,1-2H3,(H,30,31,32,33). The van der Waals surface area contributed by atoms with E-state index in [1.165, 1.54) is 95.8 Å². The number of nitrogens with one attached hydrogen (secondary N) is 3. The zero-order valence-electron chi connectivity index (χ0n) is 45.1. The highest BCUT2D eigenvalue weighted by molar-refractivity contribution is 6.01. The molecule has 17 heteroatoms. The minimum Gasteiger partial charge on any atom is -0.370 e. The van der Waals surface area contributed by atoms with E-state index in [2.05, 4.69) is 87.6 Å². The van der Waals surface area contributed by atoms with Gasteiger partial charge in [0.25, 0.3) is 5.91 Å². The van der Waals surface area contributed by atoms with Crippen LogP contribution in [0.15, 0.2) is 61.2 Å². The second kappa shape index (κ2) is 20.0. The second-order valence-electron chi connectivity index (χ2n) is 24.5. The largest absolute Gasteiger partial charge is 0.370 e. The lowest BCUT2D eigenvalue weighted by atomic mass is 9.75. The highest BCUT2D eigenvalue weighted by Crippen LogP contribution is 2.46. The fourth-order valence-corrected chi connectivity index (χ4v) is 14.6. The lowest BCUT2D eigenvalue weighted by Gasteiger charge is -2.48. The van der Waals surface area contributed by atoms with Crippen LogP contribution in [0.1, 0.15) is 157 Å². The molecule has 3 saturated carbocycles. The molecule has 3 aliphatic carbocycles. The molecular weight excluding hydrogens is 951 g/mol. The molecular formula is C59H77N15O2. The minimum absolute atomic E-state index is 0.0199. The fourth-order valence-electron chi connectivity index (χ4n) is 14.6. The van der Waals surface area contributed by atoms with Crippen molar-refractivity contribution in [3.8, 4) is 0 Å². The van der Waals surface area contributed by atoms with Gasteiger partial charge >= 0.3 is 0 Å². The molecule has 3 saturated heterocycles. The summed E-state index contributed by atoms with van der Waals surface area (Å²) >= 11 is 0. The van der Waals surface area contributed by atoms with Crippen LogP contribution in [0.5, 0.6) is 0 Å². The van der Waals surface area contributed by atoms with Crippen LogP contribution < -0.4 is 25.8 Å². The molecule has 0 atom stereocenters. The van der Waals surface area contributed by atoms with Gasteiger partial charge in [0.15, 0.2) is 5.78 Å². The molecule has 0 radical (unpaired) electrons. The summed E-state index contributed by atoms with van der Waals surface area (Å²) in [5.41, 5.74) is 5.65. The number of aromatic nitrogens is 8. The number of amides is 1. The van der Waals surface area contributed by atoms with E-state index in [1.807, 2.05) is 49.1 Å². The number of anilines is 6. The minimum atomic E-state index is -0.0887. The van der Waals surface area contributed by atoms with Crippen molar-refractivity contribution in [1.82, 2.24) is 54.2 Å². The van der Waals surface area contributed by atoms with Gasteiger partial charge in [0.2, 0.25) is 11.9 Å². The summed E-state index contributed by atoms with van der Waals surface area (Å²) in [5, 5.41) is 11.6. The van der Waals surface area contributed by atoms with E-state index in [9.17, 15) is 9.59 Å². The van der Waals surface area contributed by atoms with Crippen LogP contribution in [0.2, 0.25) is 0 Å². The van der Waals surface area contributed by atoms with Crippen molar-refractivity contribution < 1.29 is 9.59 Å². The maximum absolute atomic E-state index is 12.8. The third-order valence-corrected chi connectivity index (χ3v) is 19.0. The maximum Gasteiger partial charge on any atom is 0.268 e. The topological polar surface area (TPSA) is 170 Å². The number of carbonyl (C=O) groups is 2. The number of rotatable bonds is 8. The van der Waals surface area contributed by atoms with Crippen LogP contribution in [0, 0.1) is 5.92 Å². The Morgan fingerprint density at radius 1 is 0.579 bits per heavy atom. The van der Waals surface area contributed by atoms with Crippen molar-refractivity contribution in [2.24, 2.45) is 5.92 Å². The molecule has 8 aliphatic rings. The number of carbonyl (C=O) groups excluding carboxylic acids is 2. The number of pyridine rings is 2. The predicted molar refractivity (Wildman–Crippen MR) is 299 cm³/mol. The molecule has 5 aliphatic heterocycles. The van der Waals surface area contributed by atoms with E-state index in [1.54, 1.807) is 0 Å². The number of hydrogen-bond donors (Lipinski definition) is 3. The van der Waals surface area contributed by atoms with E-state index in [-0.39, 0.29) is 28.3 Å². The van der Waals surface area contributed by atoms with Crippen LogP contribution in [0.3, 0.4) is 0 Å². The number of piperidine rings is 2. The van der Waals surface area contributed by atoms with Gasteiger partial charge in [0.05, 0.1) is 35.0 Å². The molecule has 3 N–H and O–H groups in total. The molecule has 0 aromatic carbocycles. The third kappa shape index (κ3) is 9.46. The van der Waals surface area contributed by atoms with Crippen LogP contribution in [-0.2, 0) is 11.1 Å². The predicted octanol–water partition coefficient (Wildman–Crippen LogP) is 9.94. The molecule has 400 valence electrons. The average Bonchev–Trinajstić information content (AvgIpc) is 4.09. The Kier molecular flexibility index (Phi) is 13.0. The Balaban J connectivity index is 0.000000146. The van der Waals surface area contributed by atoms with Crippen molar-refractivity contribution in [2.45, 2.75) is 165 Å². The molecule has 76 heavy (non-hydrogen) atoms. The summed E-state index contributed by atoms with van der Waals surface area (Å²) in [6.45, 7) is 15.6. The fraction of sp³-hybridized carbons (Fsp3) is 0.593. The SMILES string of the molecule is CC1(C)CN(c2ccc(Nc3ncc4cc5n(c4n3)C3(CCCCC3)CCC5=O)nc2)CCN1C1CC1.CC1CCN(C2CCN(c3ccc(Nc4ncc5cc6n(c5n4)C4(CCCCC4)CNC6=O)nc3)CC2)CC1. The first-order valence-electron chi connectivity index (χ1n) is 29.1. The highest BCUT2D eigenvalue weighted by atomic mass is 16.2. The monoisotopic (exact) mass is 1030 g/mol. The summed E-state index contributed by atoms with van der Waals surface area (Å²) in [5.74, 6) is 3.58. The van der Waals surface area contributed by atoms with Gasteiger partial charge in [-0.05, 0) is 140 Å². The Bertz CT molecular complexity index is 3080. The van der Waals surface area contributed by atoms with Gasteiger partial charge in [-0.3, -0.25) is 14.5 Å². The first kappa shape index (κ1) is 49.4. The van der Waals surface area contributed by atoms with Crippen molar-refractivity contribution in [2.75, 3.05) is 72.8 Å². The van der Waals surface area contributed by atoms with E-state index >= 15 is 0 Å². The van der Waals surface area contributed by atoms with Crippen molar-refractivity contribution in [3.63, 3.8) is 0 Å². The first-order valence-corrected chi connectivity index (χ1v) is 29.1. The molecule has 14 rings (SSSR count). The highest BCUT2D eigenvalue weighted by Gasteiger charge is 2.44. The molecule has 0 bridgehead atoms. The molecule has 2 spiro atoms. The summed E-state index contributed by atoms with van der Waals surface area (Å²) in [6, 6.07) is 13.8. The summed E-state index contributed by atoms with van der Waals surface area (Å²) in [6.07, 6.45) is 28.7. The van der Waals surface area contributed by atoms with Gasteiger partial charge in [-0.25, -0.2) is 19.9 Å². The van der Waals surface area contributed by atoms with Crippen molar-refractivity contribution >= 4 is 68.7 Å². The Morgan fingerprint density at radius 2 is 1.16 bits per heavy atom. The molecule has 17 nitrogen and oxygen atoms in total. The van der Waals surface area contributed by atoms with Gasteiger partial charge in [0.1, 0.15) is 28.6 Å². The van der Waals surface area contributed by atoms with Gasteiger partial charge < -0.3 is 39.8 Å². The van der Waals surface area contributed by atoms with Gasteiger partial charge in [-0.15, -0.1) is 0 Å². The zero-order chi connectivity index (χ0) is 51.6. The summed E-state index contributed by atoms with van der Waals surface area (Å²) < 4.78 is 4.47. The molecule has 0 unspecified atom stereocenters. The first-order chi connectivity index (χ1) is 37.0. The Hall–Kier alpha value is -6.20. The normalized spacial score (nSPS) is 23.0. The lowest BCUT2D eigenvalue weighted by Crippen LogP contribution is -2.60. The molecule has 6 aromatic rings. The number of ketones is 1. The van der Waals surface area contributed by atoms with Crippen LogP contribution >= 0.6 is 0 Å². The molecule has 6 fully saturated rings. The number of nitrogens with zero attached hydrogens (tertiary/aromatic N) is 12. The average molecular weight is 1030 g/mol. The molecule has 6 aromatic heterocycles.